The van der Waals surface area contributed by atoms with Gasteiger partial charge < -0.3 is 15.4 Å². The van der Waals surface area contributed by atoms with E-state index in [9.17, 15) is 13.2 Å². The first-order valence-corrected chi connectivity index (χ1v) is 7.75. The van der Waals surface area contributed by atoms with Gasteiger partial charge in [0.1, 0.15) is 0 Å². The van der Waals surface area contributed by atoms with Gasteiger partial charge in [-0.15, -0.1) is 24.0 Å². The molecular formula is C16H23F3IN3O. The Hall–Kier alpha value is -1.03. The van der Waals surface area contributed by atoms with Gasteiger partial charge in [0, 0.05) is 19.6 Å². The van der Waals surface area contributed by atoms with E-state index in [0.717, 1.165) is 50.0 Å². The monoisotopic (exact) mass is 457 g/mol. The van der Waals surface area contributed by atoms with Crippen molar-refractivity contribution in [1.29, 1.82) is 0 Å². The lowest BCUT2D eigenvalue weighted by Crippen LogP contribution is -2.44. The predicted octanol–water partition coefficient (Wildman–Crippen LogP) is 3.29. The Morgan fingerprint density at radius 3 is 2.33 bits per heavy atom. The highest BCUT2D eigenvalue weighted by atomic mass is 127. The molecule has 2 rings (SSSR count). The van der Waals surface area contributed by atoms with Crippen molar-refractivity contribution >= 4 is 29.9 Å². The van der Waals surface area contributed by atoms with E-state index < -0.39 is 11.7 Å². The first-order chi connectivity index (χ1) is 11.0. The number of guanidine groups is 1. The van der Waals surface area contributed by atoms with E-state index in [1.807, 2.05) is 4.90 Å². The summed E-state index contributed by atoms with van der Waals surface area (Å²) in [7, 11) is 0. The number of nitrogens with two attached hydrogens (primary N) is 1. The SMILES string of the molecule is I.NC(=NCCCCc1ccc(C(F)(F)F)cc1)N1CCOCC1. The van der Waals surface area contributed by atoms with Gasteiger partial charge in [-0.2, -0.15) is 13.2 Å². The fraction of sp³-hybridized carbons (Fsp3) is 0.562. The van der Waals surface area contributed by atoms with Crippen LogP contribution in [0.15, 0.2) is 29.3 Å². The number of hydrogen-bond donors (Lipinski definition) is 1. The van der Waals surface area contributed by atoms with Crippen molar-refractivity contribution in [2.75, 3.05) is 32.8 Å². The predicted molar refractivity (Wildman–Crippen MR) is 98.7 cm³/mol. The van der Waals surface area contributed by atoms with E-state index in [1.54, 1.807) is 0 Å². The fourth-order valence-electron chi connectivity index (χ4n) is 2.39. The quantitative estimate of drug-likeness (QED) is 0.320. The molecule has 4 nitrogen and oxygen atoms in total. The highest BCUT2D eigenvalue weighted by molar-refractivity contribution is 14.0. The Labute approximate surface area is 157 Å². The number of aliphatic imine (C=N–C) groups is 1. The summed E-state index contributed by atoms with van der Waals surface area (Å²) in [6.45, 7) is 3.50. The van der Waals surface area contributed by atoms with Gasteiger partial charge in [-0.3, -0.25) is 4.99 Å². The minimum absolute atomic E-state index is 0. The number of morpholine rings is 1. The van der Waals surface area contributed by atoms with Crippen molar-refractivity contribution in [1.82, 2.24) is 4.90 Å². The van der Waals surface area contributed by atoms with Crippen LogP contribution in [0.1, 0.15) is 24.0 Å². The minimum atomic E-state index is -4.27. The zero-order valence-electron chi connectivity index (χ0n) is 13.4. The molecule has 0 unspecified atom stereocenters. The van der Waals surface area contributed by atoms with Gasteiger partial charge >= 0.3 is 6.18 Å². The maximum atomic E-state index is 12.5. The molecule has 24 heavy (non-hydrogen) atoms. The lowest BCUT2D eigenvalue weighted by Gasteiger charge is -2.27. The van der Waals surface area contributed by atoms with Crippen LogP contribution in [0, 0.1) is 0 Å². The average Bonchev–Trinajstić information content (AvgIpc) is 2.55. The summed E-state index contributed by atoms with van der Waals surface area (Å²) < 4.78 is 42.6. The molecular weight excluding hydrogens is 434 g/mol. The smallest absolute Gasteiger partial charge is 0.378 e. The van der Waals surface area contributed by atoms with Crippen LogP contribution in [0.4, 0.5) is 13.2 Å². The molecule has 1 saturated heterocycles. The third kappa shape index (κ3) is 6.84. The van der Waals surface area contributed by atoms with Crippen LogP contribution in [-0.4, -0.2) is 43.7 Å². The van der Waals surface area contributed by atoms with Crippen molar-refractivity contribution in [3.63, 3.8) is 0 Å². The number of alkyl halides is 3. The molecule has 8 heteroatoms. The summed E-state index contributed by atoms with van der Waals surface area (Å²) in [5.74, 6) is 0.544. The third-order valence-corrected chi connectivity index (χ3v) is 3.76. The molecule has 1 aromatic rings. The Morgan fingerprint density at radius 1 is 1.12 bits per heavy atom. The molecule has 136 valence electrons. The molecule has 0 radical (unpaired) electrons. The maximum Gasteiger partial charge on any atom is 0.416 e. The standard InChI is InChI=1S/C16H22F3N3O.HI/c17-16(18,19)14-6-4-13(5-7-14)3-1-2-8-21-15(20)22-9-11-23-12-10-22;/h4-7H,1-3,8-12H2,(H2,20,21);1H. The molecule has 1 aliphatic rings. The van der Waals surface area contributed by atoms with Crippen molar-refractivity contribution in [3.05, 3.63) is 35.4 Å². The molecule has 1 fully saturated rings. The van der Waals surface area contributed by atoms with Crippen molar-refractivity contribution < 1.29 is 17.9 Å². The Morgan fingerprint density at radius 2 is 1.75 bits per heavy atom. The zero-order chi connectivity index (χ0) is 16.7. The topological polar surface area (TPSA) is 50.8 Å². The van der Waals surface area contributed by atoms with Gasteiger partial charge in [0.2, 0.25) is 0 Å². The average molecular weight is 457 g/mol. The van der Waals surface area contributed by atoms with E-state index in [-0.39, 0.29) is 24.0 Å². The molecule has 0 atom stereocenters. The first-order valence-electron chi connectivity index (χ1n) is 7.75. The molecule has 2 N–H and O–H groups in total. The largest absolute Gasteiger partial charge is 0.416 e. The van der Waals surface area contributed by atoms with Gasteiger partial charge in [-0.25, -0.2) is 0 Å². The van der Waals surface area contributed by atoms with Crippen molar-refractivity contribution in [2.24, 2.45) is 10.7 Å². The Kier molecular flexibility index (Phi) is 8.82. The van der Waals surface area contributed by atoms with Crippen molar-refractivity contribution in [2.45, 2.75) is 25.4 Å². The van der Waals surface area contributed by atoms with Gasteiger partial charge in [0.15, 0.2) is 5.96 Å². The van der Waals surface area contributed by atoms with Crippen LogP contribution in [0.5, 0.6) is 0 Å². The van der Waals surface area contributed by atoms with Gasteiger partial charge in [-0.1, -0.05) is 12.1 Å². The molecule has 0 aliphatic carbocycles. The minimum Gasteiger partial charge on any atom is -0.378 e. The van der Waals surface area contributed by atoms with Gasteiger partial charge in [0.25, 0.3) is 0 Å². The summed E-state index contributed by atoms with van der Waals surface area (Å²) in [5, 5.41) is 0. The van der Waals surface area contributed by atoms with Crippen LogP contribution in [0.3, 0.4) is 0 Å². The number of aryl methyl sites for hydroxylation is 1. The number of hydrogen-bond acceptors (Lipinski definition) is 2. The fourth-order valence-corrected chi connectivity index (χ4v) is 2.39. The number of benzene rings is 1. The second kappa shape index (κ2) is 10.1. The number of unbranched alkanes of at least 4 members (excludes halogenated alkanes) is 1. The summed E-state index contributed by atoms with van der Waals surface area (Å²) >= 11 is 0. The highest BCUT2D eigenvalue weighted by Gasteiger charge is 2.29. The first kappa shape index (κ1) is 21.0. The molecule has 0 spiro atoms. The van der Waals surface area contributed by atoms with E-state index in [0.29, 0.717) is 25.7 Å². The summed E-state index contributed by atoms with van der Waals surface area (Å²) in [6, 6.07) is 5.33. The zero-order valence-corrected chi connectivity index (χ0v) is 15.7. The summed E-state index contributed by atoms with van der Waals surface area (Å²) in [6.07, 6.45) is -1.81. The number of rotatable bonds is 5. The third-order valence-electron chi connectivity index (χ3n) is 3.76. The van der Waals surface area contributed by atoms with E-state index in [4.69, 9.17) is 10.5 Å². The molecule has 1 heterocycles. The highest BCUT2D eigenvalue weighted by Crippen LogP contribution is 2.29. The van der Waals surface area contributed by atoms with Gasteiger partial charge in [0.05, 0.1) is 18.8 Å². The van der Waals surface area contributed by atoms with E-state index >= 15 is 0 Å². The second-order valence-corrected chi connectivity index (χ2v) is 5.49. The number of halogens is 4. The normalized spacial score (nSPS) is 16.0. The lowest BCUT2D eigenvalue weighted by molar-refractivity contribution is -0.137. The lowest BCUT2D eigenvalue weighted by atomic mass is 10.1. The van der Waals surface area contributed by atoms with Crippen molar-refractivity contribution in [3.8, 4) is 0 Å². The number of ether oxygens (including phenoxy) is 1. The number of nitrogens with zero attached hydrogens (tertiary/aromatic N) is 2. The Bertz CT molecular complexity index is 514. The molecule has 0 saturated carbocycles. The van der Waals surface area contributed by atoms with E-state index in [1.165, 1.54) is 12.1 Å². The van der Waals surface area contributed by atoms with Gasteiger partial charge in [-0.05, 0) is 37.0 Å². The maximum absolute atomic E-state index is 12.5. The molecule has 1 aromatic carbocycles. The molecule has 0 amide bonds. The molecule has 0 bridgehead atoms. The van der Waals surface area contributed by atoms with E-state index in [2.05, 4.69) is 4.99 Å². The van der Waals surface area contributed by atoms with Crippen LogP contribution in [-0.2, 0) is 17.3 Å². The van der Waals surface area contributed by atoms with Crippen LogP contribution >= 0.6 is 24.0 Å². The van der Waals surface area contributed by atoms with Crippen LogP contribution in [0.25, 0.3) is 0 Å². The molecule has 0 aromatic heterocycles. The van der Waals surface area contributed by atoms with Crippen LogP contribution in [0.2, 0.25) is 0 Å². The summed E-state index contributed by atoms with van der Waals surface area (Å²) in [5.41, 5.74) is 6.21. The molecule has 1 aliphatic heterocycles. The summed E-state index contributed by atoms with van der Waals surface area (Å²) in [4.78, 5) is 6.34. The Balaban J connectivity index is 0.00000288. The van der Waals surface area contributed by atoms with Crippen LogP contribution < -0.4 is 5.73 Å². The second-order valence-electron chi connectivity index (χ2n) is 5.49.